The zero-order chi connectivity index (χ0) is 16.3. The van der Waals surface area contributed by atoms with Gasteiger partial charge in [-0.05, 0) is 31.5 Å². The van der Waals surface area contributed by atoms with Gasteiger partial charge in [-0.2, -0.15) is 0 Å². The van der Waals surface area contributed by atoms with Crippen LogP contribution in [0.5, 0.6) is 0 Å². The van der Waals surface area contributed by atoms with E-state index in [0.29, 0.717) is 19.4 Å². The summed E-state index contributed by atoms with van der Waals surface area (Å²) in [5.41, 5.74) is -0.359. The number of nitrogens with zero attached hydrogens (tertiary/aromatic N) is 2. The second-order valence-electron chi connectivity index (χ2n) is 5.23. The third kappa shape index (κ3) is 3.24. The van der Waals surface area contributed by atoms with Crippen molar-refractivity contribution < 1.29 is 23.5 Å². The third-order valence-corrected chi connectivity index (χ3v) is 3.67. The molecule has 1 unspecified atom stereocenters. The van der Waals surface area contributed by atoms with Crippen molar-refractivity contribution in [1.82, 2.24) is 4.90 Å². The lowest BCUT2D eigenvalue weighted by molar-refractivity contribution is -0.139. The Morgan fingerprint density at radius 2 is 2.05 bits per heavy atom. The maximum absolute atomic E-state index is 13.8. The minimum absolute atomic E-state index is 0.168. The Balaban J connectivity index is 2.23. The number of benzene rings is 1. The summed E-state index contributed by atoms with van der Waals surface area (Å²) in [5, 5.41) is 8.94. The highest BCUT2D eigenvalue weighted by Gasteiger charge is 2.38. The molecule has 1 heterocycles. The van der Waals surface area contributed by atoms with Gasteiger partial charge in [0.1, 0.15) is 17.3 Å². The van der Waals surface area contributed by atoms with E-state index in [1.54, 1.807) is 4.90 Å². The average Bonchev–Trinajstić information content (AvgIpc) is 2.80. The summed E-state index contributed by atoms with van der Waals surface area (Å²) in [7, 11) is 0. The third-order valence-electron chi connectivity index (χ3n) is 3.67. The van der Waals surface area contributed by atoms with Gasteiger partial charge in [-0.3, -0.25) is 14.5 Å². The van der Waals surface area contributed by atoms with Crippen molar-refractivity contribution in [3.8, 4) is 0 Å². The molecule has 7 heteroatoms. The van der Waals surface area contributed by atoms with Crippen LogP contribution in [0.25, 0.3) is 0 Å². The number of para-hydroxylation sites is 1. The fourth-order valence-electron chi connectivity index (χ4n) is 2.78. The minimum atomic E-state index is -1.03. The molecule has 0 aromatic heterocycles. The first-order valence-electron chi connectivity index (χ1n) is 7.17. The average molecular weight is 312 g/mol. The summed E-state index contributed by atoms with van der Waals surface area (Å²) in [6.45, 7) is 2.22. The van der Waals surface area contributed by atoms with Gasteiger partial charge in [0.25, 0.3) is 0 Å². The van der Waals surface area contributed by atoms with Gasteiger partial charge < -0.3 is 10.0 Å². The number of carboxylic acid groups (broad SMARTS) is 1. The molecule has 1 amide bonds. The van der Waals surface area contributed by atoms with Crippen molar-refractivity contribution in [3.63, 3.8) is 0 Å². The lowest BCUT2D eigenvalue weighted by atomic mass is 10.2. The molecule has 22 heavy (non-hydrogen) atoms. The summed E-state index contributed by atoms with van der Waals surface area (Å²) >= 11 is 0. The van der Waals surface area contributed by atoms with Gasteiger partial charge in [0.05, 0.1) is 12.6 Å². The summed E-state index contributed by atoms with van der Waals surface area (Å²) < 4.78 is 27.6. The van der Waals surface area contributed by atoms with Crippen molar-refractivity contribution in [2.75, 3.05) is 24.5 Å². The molecule has 1 aliphatic heterocycles. The highest BCUT2D eigenvalue weighted by Crippen LogP contribution is 2.29. The van der Waals surface area contributed by atoms with Crippen LogP contribution in [0, 0.1) is 11.6 Å². The van der Waals surface area contributed by atoms with Gasteiger partial charge in [-0.25, -0.2) is 8.78 Å². The van der Waals surface area contributed by atoms with E-state index in [-0.39, 0.29) is 18.8 Å². The highest BCUT2D eigenvalue weighted by molar-refractivity contribution is 5.99. The van der Waals surface area contributed by atoms with Crippen molar-refractivity contribution in [1.29, 1.82) is 0 Å². The van der Waals surface area contributed by atoms with E-state index in [9.17, 15) is 18.4 Å². The number of hydrogen-bond donors (Lipinski definition) is 1. The topological polar surface area (TPSA) is 60.9 Å². The normalized spacial score (nSPS) is 18.3. The molecule has 0 bridgehead atoms. The molecule has 0 spiro atoms. The van der Waals surface area contributed by atoms with Gasteiger partial charge in [0.15, 0.2) is 0 Å². The van der Waals surface area contributed by atoms with Crippen LogP contribution >= 0.6 is 0 Å². The molecule has 1 saturated heterocycles. The minimum Gasteiger partial charge on any atom is -0.480 e. The molecular formula is C15H18F2N2O3. The molecule has 2 rings (SSSR count). The predicted molar refractivity (Wildman–Crippen MR) is 76.6 cm³/mol. The molecule has 1 aliphatic rings. The Kier molecular flexibility index (Phi) is 5.07. The Bertz CT molecular complexity index is 560. The van der Waals surface area contributed by atoms with Crippen molar-refractivity contribution in [3.05, 3.63) is 29.8 Å². The van der Waals surface area contributed by atoms with Crippen LogP contribution in [-0.4, -0.2) is 47.6 Å². The van der Waals surface area contributed by atoms with Crippen LogP contribution in [0.4, 0.5) is 14.5 Å². The van der Waals surface area contributed by atoms with Crippen LogP contribution in [0.1, 0.15) is 19.8 Å². The number of hydrogen-bond acceptors (Lipinski definition) is 3. The molecule has 0 radical (unpaired) electrons. The number of halogens is 2. The number of carboxylic acids is 1. The van der Waals surface area contributed by atoms with E-state index in [2.05, 4.69) is 0 Å². The number of anilines is 1. The second kappa shape index (κ2) is 6.83. The van der Waals surface area contributed by atoms with Gasteiger partial charge in [-0.15, -0.1) is 0 Å². The fourth-order valence-corrected chi connectivity index (χ4v) is 2.78. The summed E-state index contributed by atoms with van der Waals surface area (Å²) in [6.07, 6.45) is 1.03. The van der Waals surface area contributed by atoms with Crippen LogP contribution in [0.2, 0.25) is 0 Å². The number of aliphatic carboxylic acids is 1. The molecule has 1 aromatic carbocycles. The smallest absolute Gasteiger partial charge is 0.317 e. The van der Waals surface area contributed by atoms with Crippen LogP contribution < -0.4 is 4.90 Å². The van der Waals surface area contributed by atoms with Gasteiger partial charge in [0, 0.05) is 6.54 Å². The largest absolute Gasteiger partial charge is 0.480 e. The molecule has 120 valence electrons. The standard InChI is InChI=1S/C15H18F2N2O3/c1-2-7-18(9-13(20)21)12-6-8-19(15(12)22)14-10(16)4-3-5-11(14)17/h3-5,12H,2,6-9H2,1H3,(H,20,21). The summed E-state index contributed by atoms with van der Waals surface area (Å²) in [5.74, 6) is -3.08. The van der Waals surface area contributed by atoms with E-state index in [0.717, 1.165) is 17.0 Å². The van der Waals surface area contributed by atoms with Crippen LogP contribution in [0.15, 0.2) is 18.2 Å². The van der Waals surface area contributed by atoms with Gasteiger partial charge >= 0.3 is 5.97 Å². The lowest BCUT2D eigenvalue weighted by Crippen LogP contribution is -2.45. The molecule has 1 N–H and O–H groups in total. The fraction of sp³-hybridized carbons (Fsp3) is 0.467. The molecule has 1 fully saturated rings. The maximum Gasteiger partial charge on any atom is 0.317 e. The SMILES string of the molecule is CCCN(CC(=O)O)C1CCN(c2c(F)cccc2F)C1=O. The Morgan fingerprint density at radius 1 is 1.41 bits per heavy atom. The first kappa shape index (κ1) is 16.4. The Labute approximate surface area is 127 Å². The summed E-state index contributed by atoms with van der Waals surface area (Å²) in [4.78, 5) is 26.0. The molecular weight excluding hydrogens is 294 g/mol. The monoisotopic (exact) mass is 312 g/mol. The number of amides is 1. The van der Waals surface area contributed by atoms with Crippen molar-refractivity contribution >= 4 is 17.6 Å². The first-order chi connectivity index (χ1) is 10.5. The highest BCUT2D eigenvalue weighted by atomic mass is 19.1. The molecule has 0 aliphatic carbocycles. The zero-order valence-electron chi connectivity index (χ0n) is 12.3. The molecule has 1 aromatic rings. The van der Waals surface area contributed by atoms with Crippen LogP contribution in [-0.2, 0) is 9.59 Å². The van der Waals surface area contributed by atoms with E-state index in [4.69, 9.17) is 5.11 Å². The van der Waals surface area contributed by atoms with Gasteiger partial charge in [0.2, 0.25) is 5.91 Å². The summed E-state index contributed by atoms with van der Waals surface area (Å²) in [6, 6.07) is 2.77. The Hall–Kier alpha value is -2.02. The number of rotatable bonds is 6. The Morgan fingerprint density at radius 3 is 2.59 bits per heavy atom. The number of carbonyl (C=O) groups excluding carboxylic acids is 1. The van der Waals surface area contributed by atoms with E-state index in [1.165, 1.54) is 6.07 Å². The molecule has 5 nitrogen and oxygen atoms in total. The van der Waals surface area contributed by atoms with E-state index in [1.807, 2.05) is 6.92 Å². The first-order valence-corrected chi connectivity index (χ1v) is 7.17. The lowest BCUT2D eigenvalue weighted by Gasteiger charge is -2.26. The second-order valence-corrected chi connectivity index (χ2v) is 5.23. The number of carbonyl (C=O) groups is 2. The predicted octanol–water partition coefficient (Wildman–Crippen LogP) is 1.87. The van der Waals surface area contributed by atoms with Crippen LogP contribution in [0.3, 0.4) is 0 Å². The van der Waals surface area contributed by atoms with Crippen molar-refractivity contribution in [2.45, 2.75) is 25.8 Å². The molecule has 1 atom stereocenters. The zero-order valence-corrected chi connectivity index (χ0v) is 12.3. The van der Waals surface area contributed by atoms with E-state index >= 15 is 0 Å². The van der Waals surface area contributed by atoms with Crippen molar-refractivity contribution in [2.24, 2.45) is 0 Å². The maximum atomic E-state index is 13.8. The quantitative estimate of drug-likeness (QED) is 0.871. The van der Waals surface area contributed by atoms with Gasteiger partial charge in [-0.1, -0.05) is 13.0 Å². The molecule has 0 saturated carbocycles. The van der Waals surface area contributed by atoms with E-state index < -0.39 is 29.6 Å².